The van der Waals surface area contributed by atoms with Crippen molar-refractivity contribution in [2.24, 2.45) is 0 Å². The van der Waals surface area contributed by atoms with Crippen LogP contribution in [0.3, 0.4) is 0 Å². The molecule has 6 heteroatoms. The number of nitrogens with one attached hydrogen (secondary N) is 2. The fraction of sp³-hybridized carbons (Fsp3) is 0.235. The molecule has 5 nitrogen and oxygen atoms in total. The van der Waals surface area contributed by atoms with E-state index in [0.29, 0.717) is 23.1 Å². The van der Waals surface area contributed by atoms with Crippen molar-refractivity contribution in [1.82, 2.24) is 5.32 Å². The van der Waals surface area contributed by atoms with E-state index in [4.69, 9.17) is 21.1 Å². The molecule has 2 aromatic carbocycles. The molecule has 1 aliphatic heterocycles. The fourth-order valence-corrected chi connectivity index (χ4v) is 2.78. The number of para-hydroxylation sites is 1. The zero-order valence-corrected chi connectivity index (χ0v) is 13.4. The van der Waals surface area contributed by atoms with Gasteiger partial charge in [0.25, 0.3) is 0 Å². The number of benzene rings is 2. The van der Waals surface area contributed by atoms with Crippen LogP contribution in [0.5, 0.6) is 11.5 Å². The van der Waals surface area contributed by atoms with E-state index in [-0.39, 0.29) is 12.1 Å². The van der Waals surface area contributed by atoms with Crippen molar-refractivity contribution in [3.05, 3.63) is 53.1 Å². The molecule has 1 atom stereocenters. The van der Waals surface area contributed by atoms with Gasteiger partial charge in [-0.2, -0.15) is 0 Å². The summed E-state index contributed by atoms with van der Waals surface area (Å²) in [6, 6.07) is 12.6. The maximum Gasteiger partial charge on any atom is 0.319 e. The van der Waals surface area contributed by atoms with Crippen LogP contribution >= 0.6 is 11.6 Å². The van der Waals surface area contributed by atoms with Crippen LogP contribution in [-0.4, -0.2) is 25.8 Å². The number of urea groups is 1. The first-order valence-corrected chi connectivity index (χ1v) is 7.65. The molecule has 0 fully saturated rings. The van der Waals surface area contributed by atoms with Crippen molar-refractivity contribution in [1.29, 1.82) is 0 Å². The smallest absolute Gasteiger partial charge is 0.319 e. The fourth-order valence-electron chi connectivity index (χ4n) is 2.52. The van der Waals surface area contributed by atoms with Gasteiger partial charge in [-0.05, 0) is 36.2 Å². The van der Waals surface area contributed by atoms with Crippen molar-refractivity contribution < 1.29 is 14.3 Å². The first-order valence-electron chi connectivity index (χ1n) is 7.27. The van der Waals surface area contributed by atoms with E-state index < -0.39 is 0 Å². The zero-order valence-electron chi connectivity index (χ0n) is 12.6. The second-order valence-electron chi connectivity index (χ2n) is 5.27. The average Bonchev–Trinajstić information content (AvgIpc) is 2.55. The van der Waals surface area contributed by atoms with Crippen LogP contribution in [0.25, 0.3) is 0 Å². The second kappa shape index (κ2) is 6.79. The normalized spacial score (nSPS) is 16.0. The summed E-state index contributed by atoms with van der Waals surface area (Å²) in [4.78, 5) is 12.1. The quantitative estimate of drug-likeness (QED) is 0.904. The Balaban J connectivity index is 1.59. The molecule has 2 aromatic rings. The molecule has 1 aliphatic rings. The van der Waals surface area contributed by atoms with Crippen LogP contribution in [-0.2, 0) is 6.42 Å². The van der Waals surface area contributed by atoms with E-state index >= 15 is 0 Å². The second-order valence-corrected chi connectivity index (χ2v) is 5.67. The van der Waals surface area contributed by atoms with E-state index in [9.17, 15) is 4.79 Å². The Kier molecular flexibility index (Phi) is 4.57. The molecule has 0 aliphatic carbocycles. The third-order valence-corrected chi connectivity index (χ3v) is 3.92. The van der Waals surface area contributed by atoms with Gasteiger partial charge in [0.1, 0.15) is 18.1 Å². The molecule has 2 amide bonds. The van der Waals surface area contributed by atoms with Crippen molar-refractivity contribution in [3.63, 3.8) is 0 Å². The molecule has 0 radical (unpaired) electrons. The Morgan fingerprint density at radius 2 is 2.13 bits per heavy atom. The molecule has 120 valence electrons. The molecule has 0 unspecified atom stereocenters. The number of anilines is 1. The number of amides is 2. The predicted molar refractivity (Wildman–Crippen MR) is 89.6 cm³/mol. The van der Waals surface area contributed by atoms with Crippen molar-refractivity contribution >= 4 is 23.3 Å². The summed E-state index contributed by atoms with van der Waals surface area (Å²) in [6.45, 7) is 0.452. The number of carbonyl (C=O) groups is 1. The predicted octanol–water partition coefficient (Wildman–Crippen LogP) is 3.47. The molecular weight excluding hydrogens is 316 g/mol. The van der Waals surface area contributed by atoms with E-state index in [2.05, 4.69) is 10.6 Å². The topological polar surface area (TPSA) is 59.6 Å². The minimum absolute atomic E-state index is 0.0707. The van der Waals surface area contributed by atoms with Gasteiger partial charge in [0.05, 0.1) is 18.2 Å². The van der Waals surface area contributed by atoms with Gasteiger partial charge >= 0.3 is 6.03 Å². The minimum Gasteiger partial charge on any atom is -0.495 e. The van der Waals surface area contributed by atoms with Gasteiger partial charge in [0, 0.05) is 5.69 Å². The summed E-state index contributed by atoms with van der Waals surface area (Å²) in [5.74, 6) is 1.45. The number of carbonyl (C=O) groups excluding carboxylic acids is 1. The summed E-state index contributed by atoms with van der Waals surface area (Å²) in [5, 5.41) is 6.11. The highest BCUT2D eigenvalue weighted by atomic mass is 35.5. The van der Waals surface area contributed by atoms with Gasteiger partial charge in [0.2, 0.25) is 0 Å². The van der Waals surface area contributed by atoms with Crippen molar-refractivity contribution in [2.45, 2.75) is 12.5 Å². The zero-order chi connectivity index (χ0) is 16.2. The number of fused-ring (bicyclic) bond motifs is 1. The highest BCUT2D eigenvalue weighted by Crippen LogP contribution is 2.27. The van der Waals surface area contributed by atoms with Crippen LogP contribution in [0.2, 0.25) is 5.02 Å². The van der Waals surface area contributed by atoms with Gasteiger partial charge < -0.3 is 20.1 Å². The molecule has 0 saturated heterocycles. The van der Waals surface area contributed by atoms with Gasteiger partial charge in [-0.25, -0.2) is 4.79 Å². The number of hydrogen-bond acceptors (Lipinski definition) is 3. The lowest BCUT2D eigenvalue weighted by Gasteiger charge is -2.26. The van der Waals surface area contributed by atoms with E-state index in [0.717, 1.165) is 17.7 Å². The minimum atomic E-state index is -0.292. The van der Waals surface area contributed by atoms with Crippen LogP contribution in [0.15, 0.2) is 42.5 Å². The maximum atomic E-state index is 12.1. The number of halogens is 1. The van der Waals surface area contributed by atoms with Gasteiger partial charge in [-0.3, -0.25) is 0 Å². The van der Waals surface area contributed by atoms with Crippen LogP contribution in [0.1, 0.15) is 5.56 Å². The van der Waals surface area contributed by atoms with Crippen molar-refractivity contribution in [2.75, 3.05) is 19.0 Å². The maximum absolute atomic E-state index is 12.1. The molecule has 0 spiro atoms. The molecule has 2 N–H and O–H groups in total. The first kappa shape index (κ1) is 15.5. The molecule has 0 saturated carbocycles. The Morgan fingerprint density at radius 1 is 1.30 bits per heavy atom. The Hall–Kier alpha value is -2.40. The standard InChI is InChI=1S/C17H17ClN2O3/c1-22-16-7-6-12(9-14(16)18)19-17(21)20-13-8-11-4-2-3-5-15(11)23-10-13/h2-7,9,13H,8,10H2,1H3,(H2,19,20,21)/t13-/m0/s1. The summed E-state index contributed by atoms with van der Waals surface area (Å²) in [6.07, 6.45) is 0.743. The SMILES string of the molecule is COc1ccc(NC(=O)N[C@@H]2COc3ccccc3C2)cc1Cl. The number of rotatable bonds is 3. The van der Waals surface area contributed by atoms with E-state index in [1.807, 2.05) is 24.3 Å². The molecule has 0 bridgehead atoms. The highest BCUT2D eigenvalue weighted by Gasteiger charge is 2.21. The molecule has 23 heavy (non-hydrogen) atoms. The number of ether oxygens (including phenoxy) is 2. The summed E-state index contributed by atoms with van der Waals surface area (Å²) < 4.78 is 10.7. The molecule has 1 heterocycles. The molecule has 3 rings (SSSR count). The monoisotopic (exact) mass is 332 g/mol. The Bertz CT molecular complexity index is 721. The van der Waals surface area contributed by atoms with Crippen molar-refractivity contribution in [3.8, 4) is 11.5 Å². The first-order chi connectivity index (χ1) is 11.2. The average molecular weight is 333 g/mol. The summed E-state index contributed by atoms with van der Waals surface area (Å²) >= 11 is 6.04. The van der Waals surface area contributed by atoms with Gasteiger partial charge in [-0.1, -0.05) is 29.8 Å². The largest absolute Gasteiger partial charge is 0.495 e. The number of methoxy groups -OCH3 is 1. The lowest BCUT2D eigenvalue weighted by Crippen LogP contribution is -2.44. The van der Waals surface area contributed by atoms with Crippen LogP contribution < -0.4 is 20.1 Å². The van der Waals surface area contributed by atoms with E-state index in [1.54, 1.807) is 25.3 Å². The van der Waals surface area contributed by atoms with Gasteiger partial charge in [-0.15, -0.1) is 0 Å². The lowest BCUT2D eigenvalue weighted by atomic mass is 10.0. The van der Waals surface area contributed by atoms with Crippen LogP contribution in [0, 0.1) is 0 Å². The van der Waals surface area contributed by atoms with Crippen LogP contribution in [0.4, 0.5) is 10.5 Å². The third-order valence-electron chi connectivity index (χ3n) is 3.62. The Labute approximate surface area is 139 Å². The lowest BCUT2D eigenvalue weighted by molar-refractivity contribution is 0.222. The van der Waals surface area contributed by atoms with Gasteiger partial charge in [0.15, 0.2) is 0 Å². The number of hydrogen-bond donors (Lipinski definition) is 2. The van der Waals surface area contributed by atoms with E-state index in [1.165, 1.54) is 0 Å². The summed E-state index contributed by atoms with van der Waals surface area (Å²) in [5.41, 5.74) is 1.70. The highest BCUT2D eigenvalue weighted by molar-refractivity contribution is 6.32. The molecule has 0 aromatic heterocycles. The molecular formula is C17H17ClN2O3. The third kappa shape index (κ3) is 3.68. The summed E-state index contributed by atoms with van der Waals surface area (Å²) in [7, 11) is 1.54. The Morgan fingerprint density at radius 3 is 2.91 bits per heavy atom.